The van der Waals surface area contributed by atoms with E-state index in [2.05, 4.69) is 5.32 Å². The van der Waals surface area contributed by atoms with E-state index in [1.54, 1.807) is 24.3 Å². The van der Waals surface area contributed by atoms with Crippen LogP contribution in [0.3, 0.4) is 0 Å². The largest absolute Gasteiger partial charge is 0.494 e. The Morgan fingerprint density at radius 3 is 2.38 bits per heavy atom. The summed E-state index contributed by atoms with van der Waals surface area (Å²) in [6.45, 7) is 4.61. The molecule has 0 aliphatic rings. The number of benzene rings is 2. The molecule has 0 atom stereocenters. The zero-order chi connectivity index (χ0) is 18.8. The van der Waals surface area contributed by atoms with Crippen LogP contribution in [0, 0.1) is 0 Å². The molecule has 2 rings (SSSR count). The summed E-state index contributed by atoms with van der Waals surface area (Å²) in [7, 11) is 0. The first-order valence-electron chi connectivity index (χ1n) is 8.85. The number of carbonyl (C=O) groups excluding carboxylic acids is 2. The van der Waals surface area contributed by atoms with Crippen LogP contribution in [0.4, 0.5) is 5.69 Å². The fourth-order valence-electron chi connectivity index (χ4n) is 2.33. The van der Waals surface area contributed by atoms with Crippen LogP contribution >= 0.6 is 0 Å². The third-order valence-corrected chi connectivity index (χ3v) is 3.70. The van der Waals surface area contributed by atoms with Crippen molar-refractivity contribution in [2.45, 2.75) is 33.1 Å². The predicted molar refractivity (Wildman–Crippen MR) is 102 cm³/mol. The van der Waals surface area contributed by atoms with Gasteiger partial charge in [0.05, 0.1) is 18.9 Å². The van der Waals surface area contributed by atoms with Gasteiger partial charge in [0.1, 0.15) is 11.5 Å². The third-order valence-electron chi connectivity index (χ3n) is 3.70. The van der Waals surface area contributed by atoms with Crippen molar-refractivity contribution >= 4 is 17.4 Å². The summed E-state index contributed by atoms with van der Waals surface area (Å²) in [5, 5.41) is 2.88. The molecule has 0 radical (unpaired) electrons. The van der Waals surface area contributed by atoms with E-state index in [1.165, 1.54) is 6.92 Å². The van der Waals surface area contributed by atoms with Crippen LogP contribution in [0.2, 0.25) is 0 Å². The molecule has 5 nitrogen and oxygen atoms in total. The van der Waals surface area contributed by atoms with E-state index in [-0.39, 0.29) is 11.7 Å². The van der Waals surface area contributed by atoms with Crippen molar-refractivity contribution in [3.63, 3.8) is 0 Å². The molecular formula is C21H25NO4. The number of hydrogen-bond donors (Lipinski definition) is 1. The molecule has 0 saturated heterocycles. The van der Waals surface area contributed by atoms with Gasteiger partial charge in [0.15, 0.2) is 5.78 Å². The Balaban J connectivity index is 1.74. The molecule has 0 unspecified atom stereocenters. The van der Waals surface area contributed by atoms with Gasteiger partial charge in [-0.1, -0.05) is 19.1 Å². The Morgan fingerprint density at radius 2 is 1.69 bits per heavy atom. The minimum absolute atomic E-state index is 0.0245. The fourth-order valence-corrected chi connectivity index (χ4v) is 2.33. The lowest BCUT2D eigenvalue weighted by molar-refractivity contribution is -0.116. The SMILES string of the molecule is CCCOc1ccccc1NC(=O)CCCOc1ccc(C(C)=O)cc1. The van der Waals surface area contributed by atoms with Crippen molar-refractivity contribution < 1.29 is 19.1 Å². The van der Waals surface area contributed by atoms with Crippen molar-refractivity contribution in [2.24, 2.45) is 0 Å². The Hall–Kier alpha value is -2.82. The first-order chi connectivity index (χ1) is 12.6. The van der Waals surface area contributed by atoms with Crippen LogP contribution in [0.25, 0.3) is 0 Å². The minimum atomic E-state index is -0.0759. The summed E-state index contributed by atoms with van der Waals surface area (Å²) in [4.78, 5) is 23.3. The number of nitrogens with one attached hydrogen (secondary N) is 1. The number of hydrogen-bond acceptors (Lipinski definition) is 4. The molecule has 26 heavy (non-hydrogen) atoms. The van der Waals surface area contributed by atoms with E-state index >= 15 is 0 Å². The molecule has 2 aromatic rings. The van der Waals surface area contributed by atoms with Crippen LogP contribution in [-0.2, 0) is 4.79 Å². The van der Waals surface area contributed by atoms with E-state index in [9.17, 15) is 9.59 Å². The van der Waals surface area contributed by atoms with Crippen LogP contribution in [-0.4, -0.2) is 24.9 Å². The van der Waals surface area contributed by atoms with Crippen molar-refractivity contribution in [3.8, 4) is 11.5 Å². The number of ether oxygens (including phenoxy) is 2. The highest BCUT2D eigenvalue weighted by atomic mass is 16.5. The van der Waals surface area contributed by atoms with E-state index in [0.717, 1.165) is 6.42 Å². The molecule has 0 spiro atoms. The highest BCUT2D eigenvalue weighted by Gasteiger charge is 2.07. The summed E-state index contributed by atoms with van der Waals surface area (Å²) in [5.41, 5.74) is 1.34. The van der Waals surface area contributed by atoms with Gasteiger partial charge in [-0.3, -0.25) is 9.59 Å². The summed E-state index contributed by atoms with van der Waals surface area (Å²) >= 11 is 0. The van der Waals surface area contributed by atoms with E-state index in [1.807, 2.05) is 31.2 Å². The van der Waals surface area contributed by atoms with Gasteiger partial charge in [-0.2, -0.15) is 0 Å². The third kappa shape index (κ3) is 6.24. The van der Waals surface area contributed by atoms with Crippen molar-refractivity contribution in [3.05, 3.63) is 54.1 Å². The van der Waals surface area contributed by atoms with Gasteiger partial charge in [0.25, 0.3) is 0 Å². The number of rotatable bonds is 10. The zero-order valence-electron chi connectivity index (χ0n) is 15.3. The van der Waals surface area contributed by atoms with Gasteiger partial charge >= 0.3 is 0 Å². The van der Waals surface area contributed by atoms with Crippen LogP contribution < -0.4 is 14.8 Å². The molecule has 0 saturated carbocycles. The zero-order valence-corrected chi connectivity index (χ0v) is 15.3. The maximum Gasteiger partial charge on any atom is 0.224 e. The molecule has 2 aromatic carbocycles. The lowest BCUT2D eigenvalue weighted by Crippen LogP contribution is -2.14. The maximum absolute atomic E-state index is 12.1. The quantitative estimate of drug-likeness (QED) is 0.504. The van der Waals surface area contributed by atoms with Crippen LogP contribution in [0.1, 0.15) is 43.5 Å². The average Bonchev–Trinajstić information content (AvgIpc) is 2.65. The molecule has 0 heterocycles. The van der Waals surface area contributed by atoms with E-state index in [0.29, 0.717) is 48.8 Å². The van der Waals surface area contributed by atoms with Crippen LogP contribution in [0.15, 0.2) is 48.5 Å². The standard InChI is InChI=1S/C21H25NO4/c1-3-14-26-20-8-5-4-7-19(20)22-21(24)9-6-15-25-18-12-10-17(11-13-18)16(2)23/h4-5,7-8,10-13H,3,6,9,14-15H2,1-2H3,(H,22,24). The molecule has 0 bridgehead atoms. The van der Waals surface area contributed by atoms with Gasteiger partial charge in [0.2, 0.25) is 5.91 Å². The lowest BCUT2D eigenvalue weighted by atomic mass is 10.1. The van der Waals surface area contributed by atoms with Gasteiger partial charge in [-0.25, -0.2) is 0 Å². The number of Topliss-reactive ketones (excluding diaryl/α,β-unsaturated/α-hetero) is 1. The second kappa shape index (κ2) is 10.2. The first-order valence-corrected chi connectivity index (χ1v) is 8.85. The summed E-state index contributed by atoms with van der Waals surface area (Å²) in [6, 6.07) is 14.4. The highest BCUT2D eigenvalue weighted by Crippen LogP contribution is 2.24. The predicted octanol–water partition coefficient (Wildman–Crippen LogP) is 4.48. The Kier molecular flexibility index (Phi) is 7.68. The number of para-hydroxylation sites is 2. The smallest absolute Gasteiger partial charge is 0.224 e. The number of amides is 1. The molecule has 0 fully saturated rings. The second-order valence-electron chi connectivity index (χ2n) is 5.93. The van der Waals surface area contributed by atoms with E-state index < -0.39 is 0 Å². The molecule has 0 aromatic heterocycles. The van der Waals surface area contributed by atoms with Crippen molar-refractivity contribution in [1.82, 2.24) is 0 Å². The van der Waals surface area contributed by atoms with Gasteiger partial charge in [0, 0.05) is 12.0 Å². The summed E-state index contributed by atoms with van der Waals surface area (Å²) in [5.74, 6) is 1.32. The van der Waals surface area contributed by atoms with E-state index in [4.69, 9.17) is 9.47 Å². The second-order valence-corrected chi connectivity index (χ2v) is 5.93. The van der Waals surface area contributed by atoms with Gasteiger partial charge in [-0.05, 0) is 56.2 Å². The minimum Gasteiger partial charge on any atom is -0.494 e. The fraction of sp³-hybridized carbons (Fsp3) is 0.333. The monoisotopic (exact) mass is 355 g/mol. The molecule has 1 N–H and O–H groups in total. The van der Waals surface area contributed by atoms with Crippen LogP contribution in [0.5, 0.6) is 11.5 Å². The molecule has 5 heteroatoms. The topological polar surface area (TPSA) is 64.6 Å². The highest BCUT2D eigenvalue weighted by molar-refractivity contribution is 5.94. The normalized spacial score (nSPS) is 10.2. The Morgan fingerprint density at radius 1 is 0.962 bits per heavy atom. The Labute approximate surface area is 154 Å². The molecule has 0 aliphatic carbocycles. The van der Waals surface area contributed by atoms with Crippen molar-refractivity contribution in [1.29, 1.82) is 0 Å². The molecule has 138 valence electrons. The first kappa shape index (κ1) is 19.5. The van der Waals surface area contributed by atoms with Gasteiger partial charge < -0.3 is 14.8 Å². The average molecular weight is 355 g/mol. The van der Waals surface area contributed by atoms with Crippen molar-refractivity contribution in [2.75, 3.05) is 18.5 Å². The maximum atomic E-state index is 12.1. The molecule has 0 aliphatic heterocycles. The van der Waals surface area contributed by atoms with Gasteiger partial charge in [-0.15, -0.1) is 0 Å². The molecular weight excluding hydrogens is 330 g/mol. The summed E-state index contributed by atoms with van der Waals surface area (Å²) < 4.78 is 11.2. The lowest BCUT2D eigenvalue weighted by Gasteiger charge is -2.12. The number of anilines is 1. The Bertz CT molecular complexity index is 725. The number of carbonyl (C=O) groups is 2. The summed E-state index contributed by atoms with van der Waals surface area (Å²) in [6.07, 6.45) is 1.86. The molecule has 1 amide bonds. The number of ketones is 1.